The fraction of sp³-hybridized carbons (Fsp3) is 0.214. The quantitative estimate of drug-likeness (QED) is 0.928. The molecule has 4 heteroatoms. The van der Waals surface area contributed by atoms with Crippen LogP contribution in [-0.2, 0) is 6.54 Å². The summed E-state index contributed by atoms with van der Waals surface area (Å²) in [6.07, 6.45) is 2.90. The van der Waals surface area contributed by atoms with E-state index >= 15 is 0 Å². The number of aromatic nitrogens is 1. The predicted molar refractivity (Wildman–Crippen MR) is 73.6 cm³/mol. The minimum absolute atomic E-state index is 0.0665. The van der Waals surface area contributed by atoms with Crippen LogP contribution in [0.4, 0.5) is 4.39 Å². The Hall–Kier alpha value is -1.26. The van der Waals surface area contributed by atoms with Crippen LogP contribution in [0.25, 0.3) is 0 Å². The van der Waals surface area contributed by atoms with Gasteiger partial charge in [-0.05, 0) is 36.2 Å². The maximum Gasteiger partial charge on any atom is 0.141 e. The molecule has 2 rings (SSSR count). The van der Waals surface area contributed by atoms with Crippen LogP contribution in [-0.4, -0.2) is 4.98 Å². The van der Waals surface area contributed by atoms with Gasteiger partial charge in [0.25, 0.3) is 0 Å². The first kappa shape index (κ1) is 13.2. The summed E-state index contributed by atoms with van der Waals surface area (Å²) in [5.41, 5.74) is 2.04. The lowest BCUT2D eigenvalue weighted by atomic mass is 10.1. The van der Waals surface area contributed by atoms with Gasteiger partial charge in [0.1, 0.15) is 5.82 Å². The monoisotopic (exact) mass is 308 g/mol. The lowest BCUT2D eigenvalue weighted by molar-refractivity contribution is 0.561. The Labute approximate surface area is 114 Å². The van der Waals surface area contributed by atoms with E-state index in [0.29, 0.717) is 0 Å². The molecular formula is C14H14BrFN2. The standard InChI is InChI=1S/C14H14BrFN2/c1-10(12-6-14(16)9-17-8-12)18-7-11-2-4-13(15)5-3-11/h2-6,8-10,18H,7H2,1H3. The van der Waals surface area contributed by atoms with Crippen molar-refractivity contribution in [3.63, 3.8) is 0 Å². The van der Waals surface area contributed by atoms with Crippen LogP contribution < -0.4 is 5.32 Å². The van der Waals surface area contributed by atoms with Crippen molar-refractivity contribution in [2.24, 2.45) is 0 Å². The highest BCUT2D eigenvalue weighted by Gasteiger charge is 2.06. The average molecular weight is 309 g/mol. The molecule has 1 heterocycles. The highest BCUT2D eigenvalue weighted by atomic mass is 79.9. The third kappa shape index (κ3) is 3.62. The Kier molecular flexibility index (Phi) is 4.44. The van der Waals surface area contributed by atoms with Crippen LogP contribution in [0, 0.1) is 5.82 Å². The molecule has 1 N–H and O–H groups in total. The molecule has 0 radical (unpaired) electrons. The molecule has 1 unspecified atom stereocenters. The molecule has 1 atom stereocenters. The molecule has 2 nitrogen and oxygen atoms in total. The van der Waals surface area contributed by atoms with E-state index in [4.69, 9.17) is 0 Å². The number of hydrogen-bond acceptors (Lipinski definition) is 2. The van der Waals surface area contributed by atoms with Crippen molar-refractivity contribution >= 4 is 15.9 Å². The van der Waals surface area contributed by atoms with Crippen molar-refractivity contribution in [3.05, 3.63) is 64.1 Å². The van der Waals surface area contributed by atoms with Gasteiger partial charge in [-0.25, -0.2) is 4.39 Å². The molecule has 0 aliphatic rings. The van der Waals surface area contributed by atoms with Gasteiger partial charge in [0, 0.05) is 23.3 Å². The Morgan fingerprint density at radius 1 is 1.28 bits per heavy atom. The molecule has 0 fully saturated rings. The molecule has 94 valence electrons. The van der Waals surface area contributed by atoms with Crippen LogP contribution in [0.5, 0.6) is 0 Å². The molecule has 1 aromatic heterocycles. The summed E-state index contributed by atoms with van der Waals surface area (Å²) < 4.78 is 14.1. The van der Waals surface area contributed by atoms with Gasteiger partial charge in [-0.3, -0.25) is 4.98 Å². The smallest absolute Gasteiger partial charge is 0.141 e. The summed E-state index contributed by atoms with van der Waals surface area (Å²) in [6.45, 7) is 2.74. The van der Waals surface area contributed by atoms with Gasteiger partial charge in [0.05, 0.1) is 6.20 Å². The van der Waals surface area contributed by atoms with Crippen molar-refractivity contribution in [3.8, 4) is 0 Å². The number of hydrogen-bond donors (Lipinski definition) is 1. The molecule has 18 heavy (non-hydrogen) atoms. The Bertz CT molecular complexity index is 513. The topological polar surface area (TPSA) is 24.9 Å². The lowest BCUT2D eigenvalue weighted by Gasteiger charge is -2.14. The van der Waals surface area contributed by atoms with E-state index in [1.807, 2.05) is 31.2 Å². The van der Waals surface area contributed by atoms with Crippen LogP contribution in [0.3, 0.4) is 0 Å². The van der Waals surface area contributed by atoms with Crippen LogP contribution >= 0.6 is 15.9 Å². The van der Waals surface area contributed by atoms with E-state index in [9.17, 15) is 4.39 Å². The molecule has 0 saturated carbocycles. The first-order chi connectivity index (χ1) is 8.65. The lowest BCUT2D eigenvalue weighted by Crippen LogP contribution is -2.18. The van der Waals surface area contributed by atoms with Gasteiger partial charge in [-0.1, -0.05) is 28.1 Å². The largest absolute Gasteiger partial charge is 0.306 e. The number of pyridine rings is 1. The van der Waals surface area contributed by atoms with Crippen molar-refractivity contribution < 1.29 is 4.39 Å². The van der Waals surface area contributed by atoms with Crippen LogP contribution in [0.1, 0.15) is 24.1 Å². The number of nitrogens with one attached hydrogen (secondary N) is 1. The Balaban J connectivity index is 1.96. The number of halogens is 2. The molecule has 0 bridgehead atoms. The molecule has 0 aliphatic carbocycles. The first-order valence-corrected chi connectivity index (χ1v) is 6.53. The van der Waals surface area contributed by atoms with Crippen LogP contribution in [0.15, 0.2) is 47.2 Å². The second-order valence-electron chi connectivity index (χ2n) is 4.17. The minimum Gasteiger partial charge on any atom is -0.306 e. The molecule has 0 amide bonds. The van der Waals surface area contributed by atoms with Crippen molar-refractivity contribution in [1.82, 2.24) is 10.3 Å². The van der Waals surface area contributed by atoms with Gasteiger partial charge in [-0.2, -0.15) is 0 Å². The Morgan fingerprint density at radius 2 is 2.00 bits per heavy atom. The van der Waals surface area contributed by atoms with Gasteiger partial charge in [0.2, 0.25) is 0 Å². The van der Waals surface area contributed by atoms with Gasteiger partial charge in [0.15, 0.2) is 0 Å². The van der Waals surface area contributed by atoms with E-state index in [0.717, 1.165) is 16.6 Å². The maximum atomic E-state index is 13.0. The zero-order chi connectivity index (χ0) is 13.0. The summed E-state index contributed by atoms with van der Waals surface area (Å²) in [6, 6.07) is 9.68. The SMILES string of the molecule is CC(NCc1ccc(Br)cc1)c1cncc(F)c1. The maximum absolute atomic E-state index is 13.0. The fourth-order valence-corrected chi connectivity index (χ4v) is 1.92. The van der Waals surface area contributed by atoms with E-state index in [-0.39, 0.29) is 11.9 Å². The van der Waals surface area contributed by atoms with Gasteiger partial charge >= 0.3 is 0 Å². The summed E-state index contributed by atoms with van der Waals surface area (Å²) in [5.74, 6) is -0.301. The summed E-state index contributed by atoms with van der Waals surface area (Å²) in [4.78, 5) is 3.85. The summed E-state index contributed by atoms with van der Waals surface area (Å²) in [7, 11) is 0. The van der Waals surface area contributed by atoms with E-state index in [1.165, 1.54) is 17.8 Å². The number of benzene rings is 1. The molecule has 0 spiro atoms. The average Bonchev–Trinajstić information content (AvgIpc) is 2.38. The van der Waals surface area contributed by atoms with Crippen molar-refractivity contribution in [1.29, 1.82) is 0 Å². The van der Waals surface area contributed by atoms with Gasteiger partial charge < -0.3 is 5.32 Å². The number of nitrogens with zero attached hydrogens (tertiary/aromatic N) is 1. The third-order valence-electron chi connectivity index (χ3n) is 2.75. The zero-order valence-electron chi connectivity index (χ0n) is 10.0. The Morgan fingerprint density at radius 3 is 2.67 bits per heavy atom. The van der Waals surface area contributed by atoms with E-state index in [2.05, 4.69) is 26.2 Å². The summed E-state index contributed by atoms with van der Waals surface area (Å²) >= 11 is 3.40. The molecule has 1 aromatic carbocycles. The van der Waals surface area contributed by atoms with E-state index in [1.54, 1.807) is 6.20 Å². The number of rotatable bonds is 4. The van der Waals surface area contributed by atoms with Crippen LogP contribution in [0.2, 0.25) is 0 Å². The normalized spacial score (nSPS) is 12.4. The highest BCUT2D eigenvalue weighted by Crippen LogP contribution is 2.14. The van der Waals surface area contributed by atoms with Crippen molar-refractivity contribution in [2.45, 2.75) is 19.5 Å². The van der Waals surface area contributed by atoms with Crippen molar-refractivity contribution in [2.75, 3.05) is 0 Å². The molecular weight excluding hydrogens is 295 g/mol. The zero-order valence-corrected chi connectivity index (χ0v) is 11.6. The fourth-order valence-electron chi connectivity index (χ4n) is 1.66. The molecule has 0 aliphatic heterocycles. The second kappa shape index (κ2) is 6.07. The summed E-state index contributed by atoms with van der Waals surface area (Å²) in [5, 5.41) is 3.34. The first-order valence-electron chi connectivity index (χ1n) is 5.73. The molecule has 2 aromatic rings. The highest BCUT2D eigenvalue weighted by molar-refractivity contribution is 9.10. The van der Waals surface area contributed by atoms with Gasteiger partial charge in [-0.15, -0.1) is 0 Å². The molecule has 0 saturated heterocycles. The second-order valence-corrected chi connectivity index (χ2v) is 5.08. The third-order valence-corrected chi connectivity index (χ3v) is 3.28. The van der Waals surface area contributed by atoms with E-state index < -0.39 is 0 Å². The minimum atomic E-state index is -0.301. The predicted octanol–water partition coefficient (Wildman–Crippen LogP) is 3.83.